The third kappa shape index (κ3) is 2.59. The first-order valence-electron chi connectivity index (χ1n) is 5.51. The maximum Gasteiger partial charge on any atom is 0.271 e. The zero-order valence-corrected chi connectivity index (χ0v) is 10.5. The van der Waals surface area contributed by atoms with E-state index in [0.29, 0.717) is 11.5 Å². The monoisotopic (exact) mass is 260 g/mol. The van der Waals surface area contributed by atoms with Gasteiger partial charge < -0.3 is 4.90 Å². The summed E-state index contributed by atoms with van der Waals surface area (Å²) in [6, 6.07) is 8.68. The van der Waals surface area contributed by atoms with Crippen LogP contribution in [0.15, 0.2) is 41.2 Å². The number of hydrogen-bond acceptors (Lipinski definition) is 5. The van der Waals surface area contributed by atoms with Crippen molar-refractivity contribution in [3.63, 3.8) is 0 Å². The van der Waals surface area contributed by atoms with Crippen molar-refractivity contribution in [1.29, 1.82) is 0 Å². The highest BCUT2D eigenvalue weighted by Gasteiger charge is 2.08. The maximum atomic E-state index is 11.8. The molecule has 0 saturated heterocycles. The molecule has 1 aromatic carbocycles. The number of nitrogens with zero attached hydrogens (tertiary/aromatic N) is 4. The Morgan fingerprint density at radius 2 is 1.79 bits per heavy atom. The van der Waals surface area contributed by atoms with Gasteiger partial charge in [0.25, 0.3) is 11.2 Å². The number of nitro benzene ring substituents is 1. The minimum absolute atomic E-state index is 0.0273. The van der Waals surface area contributed by atoms with Gasteiger partial charge in [0.2, 0.25) is 0 Å². The van der Waals surface area contributed by atoms with Gasteiger partial charge in [0.15, 0.2) is 0 Å². The van der Waals surface area contributed by atoms with Crippen molar-refractivity contribution in [1.82, 2.24) is 9.78 Å². The van der Waals surface area contributed by atoms with Crippen molar-refractivity contribution in [2.75, 3.05) is 19.0 Å². The predicted molar refractivity (Wildman–Crippen MR) is 70.8 cm³/mol. The van der Waals surface area contributed by atoms with E-state index in [4.69, 9.17) is 0 Å². The Morgan fingerprint density at radius 3 is 2.32 bits per heavy atom. The number of non-ortho nitro benzene ring substituents is 1. The van der Waals surface area contributed by atoms with E-state index in [1.807, 2.05) is 14.1 Å². The lowest BCUT2D eigenvalue weighted by Crippen LogP contribution is -2.23. The molecule has 0 saturated carbocycles. The number of rotatable bonds is 3. The molecule has 0 amide bonds. The van der Waals surface area contributed by atoms with Crippen molar-refractivity contribution in [3.8, 4) is 5.69 Å². The first kappa shape index (κ1) is 12.7. The molecule has 0 aliphatic heterocycles. The van der Waals surface area contributed by atoms with Crippen LogP contribution in [0.3, 0.4) is 0 Å². The van der Waals surface area contributed by atoms with Gasteiger partial charge in [-0.3, -0.25) is 14.9 Å². The number of nitro groups is 1. The van der Waals surface area contributed by atoms with Gasteiger partial charge >= 0.3 is 0 Å². The molecule has 1 heterocycles. The summed E-state index contributed by atoms with van der Waals surface area (Å²) in [6.45, 7) is 0. The summed E-state index contributed by atoms with van der Waals surface area (Å²) in [5, 5.41) is 14.8. The smallest absolute Gasteiger partial charge is 0.271 e. The molecular weight excluding hydrogens is 248 g/mol. The molecule has 0 atom stereocenters. The van der Waals surface area contributed by atoms with Crippen LogP contribution >= 0.6 is 0 Å². The van der Waals surface area contributed by atoms with Crippen LogP contribution in [0, 0.1) is 10.1 Å². The lowest BCUT2D eigenvalue weighted by molar-refractivity contribution is -0.384. The largest absolute Gasteiger partial charge is 0.361 e. The van der Waals surface area contributed by atoms with Crippen LogP contribution in [0.2, 0.25) is 0 Å². The molecule has 0 fully saturated rings. The van der Waals surface area contributed by atoms with Crippen LogP contribution in [0.25, 0.3) is 5.69 Å². The molecule has 2 rings (SSSR count). The highest BCUT2D eigenvalue weighted by Crippen LogP contribution is 2.14. The van der Waals surface area contributed by atoms with Crippen LogP contribution in [0.1, 0.15) is 0 Å². The number of anilines is 1. The van der Waals surface area contributed by atoms with Crippen molar-refractivity contribution in [2.24, 2.45) is 0 Å². The van der Waals surface area contributed by atoms with Crippen molar-refractivity contribution in [3.05, 3.63) is 56.9 Å². The molecule has 0 radical (unpaired) electrons. The van der Waals surface area contributed by atoms with Gasteiger partial charge in [-0.2, -0.15) is 4.68 Å². The average Bonchev–Trinajstić information content (AvgIpc) is 2.39. The van der Waals surface area contributed by atoms with Gasteiger partial charge in [0, 0.05) is 32.3 Å². The summed E-state index contributed by atoms with van der Waals surface area (Å²) in [6.07, 6.45) is 0. The van der Waals surface area contributed by atoms with Gasteiger partial charge in [-0.1, -0.05) is 0 Å². The summed E-state index contributed by atoms with van der Waals surface area (Å²) in [4.78, 5) is 23.6. The van der Waals surface area contributed by atoms with Crippen molar-refractivity contribution in [2.45, 2.75) is 0 Å². The predicted octanol–water partition coefficient (Wildman–Crippen LogP) is 1.21. The number of aromatic nitrogens is 2. The average molecular weight is 260 g/mol. The van der Waals surface area contributed by atoms with E-state index >= 15 is 0 Å². The molecule has 2 aromatic rings. The molecule has 0 bridgehead atoms. The second-order valence-electron chi connectivity index (χ2n) is 4.11. The Hall–Kier alpha value is -2.70. The van der Waals surface area contributed by atoms with Crippen LogP contribution < -0.4 is 10.5 Å². The lowest BCUT2D eigenvalue weighted by atomic mass is 10.3. The fourth-order valence-corrected chi connectivity index (χ4v) is 1.54. The number of benzene rings is 1. The second kappa shape index (κ2) is 4.89. The summed E-state index contributed by atoms with van der Waals surface area (Å²) in [5.74, 6) is 0.623. The molecule has 1 aromatic heterocycles. The third-order valence-corrected chi connectivity index (χ3v) is 2.55. The van der Waals surface area contributed by atoms with E-state index in [-0.39, 0.29) is 11.2 Å². The minimum atomic E-state index is -0.490. The third-order valence-electron chi connectivity index (χ3n) is 2.55. The van der Waals surface area contributed by atoms with E-state index in [0.717, 1.165) is 0 Å². The summed E-state index contributed by atoms with van der Waals surface area (Å²) in [7, 11) is 3.62. The maximum absolute atomic E-state index is 11.8. The van der Waals surface area contributed by atoms with Gasteiger partial charge in [-0.25, -0.2) is 0 Å². The molecule has 0 unspecified atom stereocenters. The first-order valence-corrected chi connectivity index (χ1v) is 5.51. The minimum Gasteiger partial charge on any atom is -0.361 e. The SMILES string of the molecule is CN(C)c1ccc(=O)n(-c2ccc([N+](=O)[O-])cc2)n1. The zero-order chi connectivity index (χ0) is 14.0. The van der Waals surface area contributed by atoms with E-state index in [1.165, 1.54) is 35.0 Å². The topological polar surface area (TPSA) is 81.3 Å². The molecule has 7 heteroatoms. The number of hydrogen-bond donors (Lipinski definition) is 0. The van der Waals surface area contributed by atoms with Crippen molar-refractivity contribution >= 4 is 11.5 Å². The molecule has 7 nitrogen and oxygen atoms in total. The molecule has 0 aliphatic rings. The van der Waals surface area contributed by atoms with Gasteiger partial charge in [0.1, 0.15) is 5.82 Å². The van der Waals surface area contributed by atoms with E-state index in [1.54, 1.807) is 11.0 Å². The molecular formula is C12H12N4O3. The molecule has 98 valence electrons. The van der Waals surface area contributed by atoms with E-state index < -0.39 is 4.92 Å². The first-order chi connectivity index (χ1) is 8.99. The highest BCUT2D eigenvalue weighted by atomic mass is 16.6. The highest BCUT2D eigenvalue weighted by molar-refractivity contribution is 5.42. The summed E-state index contributed by atoms with van der Waals surface area (Å²) >= 11 is 0. The van der Waals surface area contributed by atoms with Crippen LogP contribution in [-0.2, 0) is 0 Å². The second-order valence-corrected chi connectivity index (χ2v) is 4.11. The van der Waals surface area contributed by atoms with Crippen molar-refractivity contribution < 1.29 is 4.92 Å². The standard InChI is InChI=1S/C12H12N4O3/c1-14(2)11-7-8-12(17)15(13-11)9-3-5-10(6-4-9)16(18)19/h3-8H,1-2H3. The van der Waals surface area contributed by atoms with Crippen LogP contribution in [0.4, 0.5) is 11.5 Å². The Balaban J connectivity index is 2.49. The molecule has 0 aliphatic carbocycles. The van der Waals surface area contributed by atoms with E-state index in [2.05, 4.69) is 5.10 Å². The normalized spacial score (nSPS) is 10.2. The molecule has 19 heavy (non-hydrogen) atoms. The summed E-state index contributed by atoms with van der Waals surface area (Å²) in [5.41, 5.74) is 0.166. The Labute approximate surface area is 108 Å². The van der Waals surface area contributed by atoms with Gasteiger partial charge in [-0.15, -0.1) is 5.10 Å². The zero-order valence-electron chi connectivity index (χ0n) is 10.5. The Morgan fingerprint density at radius 1 is 1.16 bits per heavy atom. The lowest BCUT2D eigenvalue weighted by Gasteiger charge is -2.12. The quantitative estimate of drug-likeness (QED) is 0.612. The molecule has 0 spiro atoms. The fourth-order valence-electron chi connectivity index (χ4n) is 1.54. The van der Waals surface area contributed by atoms with Gasteiger partial charge in [-0.05, 0) is 18.2 Å². The fraction of sp³-hybridized carbons (Fsp3) is 0.167. The van der Waals surface area contributed by atoms with Crippen LogP contribution in [0.5, 0.6) is 0 Å². The van der Waals surface area contributed by atoms with Gasteiger partial charge in [0.05, 0.1) is 10.6 Å². The van der Waals surface area contributed by atoms with E-state index in [9.17, 15) is 14.9 Å². The van der Waals surface area contributed by atoms with Crippen LogP contribution in [-0.4, -0.2) is 28.8 Å². The Kier molecular flexibility index (Phi) is 3.28. The molecule has 0 N–H and O–H groups in total. The Bertz CT molecular complexity index is 661. The summed E-state index contributed by atoms with van der Waals surface area (Å²) < 4.78 is 1.21.